The van der Waals surface area contributed by atoms with Crippen molar-refractivity contribution in [2.45, 2.75) is 39.7 Å². The molecule has 2 N–H and O–H groups in total. The number of nitrogens with two attached hydrogens (primary N) is 1. The largest absolute Gasteiger partial charge is 0.493 e. The average molecular weight is 396 g/mol. The molecule has 3 aliphatic rings. The lowest BCUT2D eigenvalue weighted by Crippen LogP contribution is -2.57. The van der Waals surface area contributed by atoms with Crippen molar-refractivity contribution in [2.24, 2.45) is 28.9 Å². The molecule has 27 heavy (non-hydrogen) atoms. The second-order valence-corrected chi connectivity index (χ2v) is 8.55. The molecule has 1 aromatic rings. The molecular weight excluding hydrogens is 370 g/mol. The van der Waals surface area contributed by atoms with Crippen LogP contribution in [-0.4, -0.2) is 31.7 Å². The van der Waals surface area contributed by atoms with Gasteiger partial charge in [0.1, 0.15) is 6.10 Å². The molecule has 3 saturated carbocycles. The van der Waals surface area contributed by atoms with Crippen LogP contribution in [0.25, 0.3) is 0 Å². The first-order chi connectivity index (χ1) is 12.6. The lowest BCUT2D eigenvalue weighted by atomic mass is 9.45. The third-order valence-corrected chi connectivity index (χ3v) is 6.65. The van der Waals surface area contributed by atoms with Gasteiger partial charge in [0.2, 0.25) is 0 Å². The molecule has 0 aliphatic heterocycles. The van der Waals surface area contributed by atoms with Crippen LogP contribution in [0.5, 0.6) is 11.5 Å². The highest BCUT2D eigenvalue weighted by molar-refractivity contribution is 6.32. The summed E-state index contributed by atoms with van der Waals surface area (Å²) in [6.45, 7) is 6.43. The third kappa shape index (κ3) is 3.59. The summed E-state index contributed by atoms with van der Waals surface area (Å²) in [4.78, 5) is 23.6. The van der Waals surface area contributed by atoms with Gasteiger partial charge in [-0.1, -0.05) is 32.4 Å². The number of benzene rings is 1. The van der Waals surface area contributed by atoms with E-state index in [2.05, 4.69) is 20.8 Å². The Morgan fingerprint density at radius 1 is 1.30 bits per heavy atom. The van der Waals surface area contributed by atoms with Gasteiger partial charge < -0.3 is 19.9 Å². The highest BCUT2D eigenvalue weighted by Gasteiger charge is 2.57. The molecule has 4 atom stereocenters. The summed E-state index contributed by atoms with van der Waals surface area (Å²) in [5.41, 5.74) is 5.70. The maximum absolute atomic E-state index is 12.7. The van der Waals surface area contributed by atoms with E-state index in [9.17, 15) is 9.59 Å². The fourth-order valence-corrected chi connectivity index (χ4v) is 4.85. The minimum atomic E-state index is -0.635. The van der Waals surface area contributed by atoms with E-state index in [-0.39, 0.29) is 34.8 Å². The number of fused-ring (bicyclic) bond motifs is 2. The normalized spacial score (nSPS) is 28.0. The van der Waals surface area contributed by atoms with E-state index < -0.39 is 11.9 Å². The van der Waals surface area contributed by atoms with Gasteiger partial charge in [0.15, 0.2) is 18.1 Å². The number of methoxy groups -OCH3 is 1. The molecule has 0 aromatic heterocycles. The van der Waals surface area contributed by atoms with Crippen molar-refractivity contribution in [3.8, 4) is 11.5 Å². The van der Waals surface area contributed by atoms with Crippen molar-refractivity contribution < 1.29 is 23.8 Å². The van der Waals surface area contributed by atoms with Gasteiger partial charge in [0, 0.05) is 0 Å². The SMILES string of the molecule is COc1cc(C(=O)OC2CC3CC(C2C)C3(C)C)cc(Cl)c1OCC(N)=O. The van der Waals surface area contributed by atoms with Crippen LogP contribution >= 0.6 is 11.6 Å². The standard InChI is InChI=1S/C20H26ClNO5/c1-10-13-7-12(20(13,2)3)8-15(10)27-19(24)11-5-14(21)18(16(6-11)25-4)26-9-17(22)23/h5-6,10,12-13,15H,7-9H2,1-4H3,(H2,22,23). The summed E-state index contributed by atoms with van der Waals surface area (Å²) in [7, 11) is 1.43. The predicted molar refractivity (Wildman–Crippen MR) is 101 cm³/mol. The summed E-state index contributed by atoms with van der Waals surface area (Å²) < 4.78 is 16.3. The van der Waals surface area contributed by atoms with E-state index in [1.54, 1.807) is 0 Å². The first kappa shape index (κ1) is 19.8. The van der Waals surface area contributed by atoms with E-state index in [0.29, 0.717) is 23.2 Å². The number of primary amides is 1. The van der Waals surface area contributed by atoms with Crippen molar-refractivity contribution in [3.05, 3.63) is 22.7 Å². The van der Waals surface area contributed by atoms with E-state index in [0.717, 1.165) is 6.42 Å². The van der Waals surface area contributed by atoms with Crippen molar-refractivity contribution in [3.63, 3.8) is 0 Å². The van der Waals surface area contributed by atoms with Gasteiger partial charge in [-0.25, -0.2) is 4.79 Å². The second-order valence-electron chi connectivity index (χ2n) is 8.14. The van der Waals surface area contributed by atoms with E-state index in [1.807, 2.05) is 0 Å². The Bertz CT molecular complexity index is 763. The van der Waals surface area contributed by atoms with Crippen LogP contribution in [0.4, 0.5) is 0 Å². The lowest BCUT2D eigenvalue weighted by molar-refractivity contribution is -0.156. The number of rotatable bonds is 6. The maximum Gasteiger partial charge on any atom is 0.338 e. The molecule has 0 saturated heterocycles. The third-order valence-electron chi connectivity index (χ3n) is 6.37. The summed E-state index contributed by atoms with van der Waals surface area (Å²) in [6, 6.07) is 2.96. The molecule has 0 spiro atoms. The van der Waals surface area contributed by atoms with Gasteiger partial charge >= 0.3 is 5.97 Å². The summed E-state index contributed by atoms with van der Waals surface area (Å²) in [5.74, 6) is 0.845. The van der Waals surface area contributed by atoms with Crippen molar-refractivity contribution in [2.75, 3.05) is 13.7 Å². The highest BCUT2D eigenvalue weighted by Crippen LogP contribution is 2.61. The Labute approximate surface area is 164 Å². The lowest BCUT2D eigenvalue weighted by Gasteiger charge is -2.61. The Morgan fingerprint density at radius 2 is 2.00 bits per heavy atom. The van der Waals surface area contributed by atoms with Crippen molar-refractivity contribution in [1.29, 1.82) is 0 Å². The number of ether oxygens (including phenoxy) is 3. The Balaban J connectivity index is 1.74. The highest BCUT2D eigenvalue weighted by atomic mass is 35.5. The van der Waals surface area contributed by atoms with Crippen LogP contribution in [-0.2, 0) is 9.53 Å². The Kier molecular flexibility index (Phi) is 5.30. The molecule has 0 heterocycles. The molecule has 148 valence electrons. The van der Waals surface area contributed by atoms with Crippen LogP contribution in [0.3, 0.4) is 0 Å². The Morgan fingerprint density at radius 3 is 2.56 bits per heavy atom. The zero-order valence-electron chi connectivity index (χ0n) is 16.1. The van der Waals surface area contributed by atoms with E-state index in [4.69, 9.17) is 31.5 Å². The van der Waals surface area contributed by atoms with Crippen molar-refractivity contribution in [1.82, 2.24) is 0 Å². The van der Waals surface area contributed by atoms with Gasteiger partial charge in [-0.3, -0.25) is 4.79 Å². The molecule has 1 aromatic carbocycles. The molecule has 7 heteroatoms. The number of hydrogen-bond donors (Lipinski definition) is 1. The average Bonchev–Trinajstić information content (AvgIpc) is 2.60. The molecular formula is C20H26ClNO5. The van der Waals surface area contributed by atoms with Gasteiger partial charge in [-0.2, -0.15) is 0 Å². The minimum absolute atomic E-state index is 0.0927. The molecule has 0 radical (unpaired) electrons. The number of halogens is 1. The predicted octanol–water partition coefficient (Wildman–Crippen LogP) is 3.44. The number of amides is 1. The molecule has 6 nitrogen and oxygen atoms in total. The Hall–Kier alpha value is -1.95. The van der Waals surface area contributed by atoms with Gasteiger partial charge in [-0.15, -0.1) is 0 Å². The summed E-state index contributed by atoms with van der Waals surface area (Å²) >= 11 is 6.21. The van der Waals surface area contributed by atoms with Gasteiger partial charge in [-0.05, 0) is 48.1 Å². The molecule has 4 rings (SSSR count). The molecule has 3 aliphatic carbocycles. The van der Waals surface area contributed by atoms with Crippen LogP contribution in [0, 0.1) is 23.2 Å². The van der Waals surface area contributed by atoms with Crippen LogP contribution in [0.1, 0.15) is 44.0 Å². The number of esters is 1. The number of carbonyl (C=O) groups excluding carboxylic acids is 2. The quantitative estimate of drug-likeness (QED) is 0.745. The zero-order valence-corrected chi connectivity index (χ0v) is 16.8. The van der Waals surface area contributed by atoms with E-state index in [1.165, 1.54) is 25.7 Å². The monoisotopic (exact) mass is 395 g/mol. The molecule has 3 fully saturated rings. The molecule has 4 unspecified atom stereocenters. The smallest absolute Gasteiger partial charge is 0.338 e. The van der Waals surface area contributed by atoms with Crippen LogP contribution in [0.2, 0.25) is 5.02 Å². The minimum Gasteiger partial charge on any atom is -0.493 e. The molecule has 2 bridgehead atoms. The van der Waals surface area contributed by atoms with E-state index >= 15 is 0 Å². The fraction of sp³-hybridized carbons (Fsp3) is 0.600. The topological polar surface area (TPSA) is 87.8 Å². The first-order valence-electron chi connectivity index (χ1n) is 9.14. The second kappa shape index (κ2) is 7.23. The van der Waals surface area contributed by atoms with Gasteiger partial charge in [0.25, 0.3) is 5.91 Å². The van der Waals surface area contributed by atoms with Crippen LogP contribution in [0.15, 0.2) is 12.1 Å². The first-order valence-corrected chi connectivity index (χ1v) is 9.52. The number of hydrogen-bond acceptors (Lipinski definition) is 5. The zero-order chi connectivity index (χ0) is 19.9. The summed E-state index contributed by atoms with van der Waals surface area (Å²) in [5, 5.41) is 0.156. The maximum atomic E-state index is 12.7. The van der Waals surface area contributed by atoms with Crippen LogP contribution < -0.4 is 15.2 Å². The van der Waals surface area contributed by atoms with Gasteiger partial charge in [0.05, 0.1) is 17.7 Å². The fourth-order valence-electron chi connectivity index (χ4n) is 4.58. The van der Waals surface area contributed by atoms with Crippen molar-refractivity contribution >= 4 is 23.5 Å². The number of carbonyl (C=O) groups is 2. The summed E-state index contributed by atoms with van der Waals surface area (Å²) in [6.07, 6.45) is 2.01. The molecule has 1 amide bonds.